The first-order valence-corrected chi connectivity index (χ1v) is 7.60. The van der Waals surface area contributed by atoms with E-state index in [1.807, 2.05) is 18.7 Å². The number of thioether (sulfide) groups is 1. The van der Waals surface area contributed by atoms with E-state index < -0.39 is 0 Å². The second-order valence-corrected chi connectivity index (χ2v) is 6.49. The highest BCUT2D eigenvalue weighted by Crippen LogP contribution is 2.13. The fourth-order valence-electron chi connectivity index (χ4n) is 1.37. The lowest BCUT2D eigenvalue weighted by molar-refractivity contribution is 0.569. The first-order valence-electron chi connectivity index (χ1n) is 5.56. The number of nitrogens with two attached hydrogens (primary N) is 1. The van der Waals surface area contributed by atoms with Crippen LogP contribution in [0.25, 0.3) is 0 Å². The van der Waals surface area contributed by atoms with E-state index in [-0.39, 0.29) is 0 Å². The van der Waals surface area contributed by atoms with Crippen LogP contribution in [0.4, 0.5) is 0 Å². The fourth-order valence-corrected chi connectivity index (χ4v) is 3.10. The van der Waals surface area contributed by atoms with Gasteiger partial charge in [-0.3, -0.25) is 11.3 Å². The van der Waals surface area contributed by atoms with Crippen LogP contribution in [-0.2, 0) is 6.42 Å². The molecule has 3 nitrogen and oxygen atoms in total. The molecule has 16 heavy (non-hydrogen) atoms. The Kier molecular flexibility index (Phi) is 6.34. The Hall–Kier alpha value is -0.100. The van der Waals surface area contributed by atoms with Gasteiger partial charge in [0.15, 0.2) is 0 Å². The summed E-state index contributed by atoms with van der Waals surface area (Å²) in [6.45, 7) is 6.51. The first-order chi connectivity index (χ1) is 7.61. The lowest BCUT2D eigenvalue weighted by Gasteiger charge is -2.14. The highest BCUT2D eigenvalue weighted by atomic mass is 32.2. The standard InChI is InChI=1S/C11H21N3S2/c1-8(2)5-15-6-11(14-12)4-10-7-16-9(3)13-10/h7-8,11,14H,4-6,12H2,1-3H3. The van der Waals surface area contributed by atoms with E-state index in [4.69, 9.17) is 5.84 Å². The molecule has 0 aliphatic rings. The molecule has 0 spiro atoms. The molecule has 1 unspecified atom stereocenters. The zero-order chi connectivity index (χ0) is 12.0. The van der Waals surface area contributed by atoms with E-state index in [1.165, 1.54) is 5.75 Å². The van der Waals surface area contributed by atoms with Gasteiger partial charge in [0.1, 0.15) is 0 Å². The summed E-state index contributed by atoms with van der Waals surface area (Å²) in [5.41, 5.74) is 4.03. The van der Waals surface area contributed by atoms with Gasteiger partial charge in [-0.25, -0.2) is 4.98 Å². The van der Waals surface area contributed by atoms with Crippen LogP contribution < -0.4 is 11.3 Å². The SMILES string of the molecule is Cc1nc(CC(CSCC(C)C)NN)cs1. The maximum absolute atomic E-state index is 5.56. The van der Waals surface area contributed by atoms with E-state index in [1.54, 1.807) is 11.3 Å². The molecule has 1 aromatic heterocycles. The van der Waals surface area contributed by atoms with Gasteiger partial charge >= 0.3 is 0 Å². The van der Waals surface area contributed by atoms with Crippen LogP contribution >= 0.6 is 23.1 Å². The molecular formula is C11H21N3S2. The molecule has 0 saturated carbocycles. The van der Waals surface area contributed by atoms with Gasteiger partial charge < -0.3 is 0 Å². The van der Waals surface area contributed by atoms with E-state index in [2.05, 4.69) is 29.6 Å². The molecule has 1 aromatic rings. The van der Waals surface area contributed by atoms with Gasteiger partial charge in [0.2, 0.25) is 0 Å². The molecule has 0 aromatic carbocycles. The summed E-state index contributed by atoms with van der Waals surface area (Å²) >= 11 is 3.65. The fraction of sp³-hybridized carbons (Fsp3) is 0.727. The Morgan fingerprint density at radius 3 is 2.75 bits per heavy atom. The van der Waals surface area contributed by atoms with E-state index in [0.29, 0.717) is 6.04 Å². The minimum Gasteiger partial charge on any atom is -0.271 e. The van der Waals surface area contributed by atoms with Crippen LogP contribution in [0.5, 0.6) is 0 Å². The number of hydrazine groups is 1. The smallest absolute Gasteiger partial charge is 0.0897 e. The highest BCUT2D eigenvalue weighted by molar-refractivity contribution is 7.99. The van der Waals surface area contributed by atoms with Crippen molar-refractivity contribution in [3.63, 3.8) is 0 Å². The summed E-state index contributed by atoms with van der Waals surface area (Å²) in [6, 6.07) is 0.324. The zero-order valence-corrected chi connectivity index (χ0v) is 11.8. The summed E-state index contributed by atoms with van der Waals surface area (Å²) in [5.74, 6) is 8.53. The van der Waals surface area contributed by atoms with E-state index in [9.17, 15) is 0 Å². The van der Waals surface area contributed by atoms with Gasteiger partial charge in [-0.05, 0) is 18.6 Å². The van der Waals surface area contributed by atoms with Crippen molar-refractivity contribution in [3.05, 3.63) is 16.1 Å². The maximum atomic E-state index is 5.56. The number of aryl methyl sites for hydroxylation is 1. The van der Waals surface area contributed by atoms with Gasteiger partial charge in [0.05, 0.1) is 10.7 Å². The number of hydrogen-bond donors (Lipinski definition) is 2. The van der Waals surface area contributed by atoms with Crippen molar-refractivity contribution in [2.45, 2.75) is 33.2 Å². The number of hydrogen-bond acceptors (Lipinski definition) is 5. The van der Waals surface area contributed by atoms with Crippen LogP contribution in [0.1, 0.15) is 24.5 Å². The largest absolute Gasteiger partial charge is 0.271 e. The van der Waals surface area contributed by atoms with Gasteiger partial charge in [0.25, 0.3) is 0 Å². The summed E-state index contributed by atoms with van der Waals surface area (Å²) in [6.07, 6.45) is 0.923. The van der Waals surface area contributed by atoms with Crippen molar-refractivity contribution in [2.24, 2.45) is 11.8 Å². The van der Waals surface area contributed by atoms with Gasteiger partial charge in [-0.1, -0.05) is 13.8 Å². The van der Waals surface area contributed by atoms with Crippen LogP contribution in [0.15, 0.2) is 5.38 Å². The quantitative estimate of drug-likeness (QED) is 0.582. The minimum absolute atomic E-state index is 0.324. The number of nitrogens with zero attached hydrogens (tertiary/aromatic N) is 1. The first kappa shape index (κ1) is 14.0. The van der Waals surface area contributed by atoms with Crippen LogP contribution in [0.3, 0.4) is 0 Å². The van der Waals surface area contributed by atoms with Gasteiger partial charge in [0, 0.05) is 23.6 Å². The van der Waals surface area contributed by atoms with E-state index in [0.717, 1.165) is 28.8 Å². The topological polar surface area (TPSA) is 50.9 Å². The van der Waals surface area contributed by atoms with Crippen molar-refractivity contribution in [1.29, 1.82) is 0 Å². The zero-order valence-electron chi connectivity index (χ0n) is 10.2. The van der Waals surface area contributed by atoms with Crippen LogP contribution in [-0.4, -0.2) is 22.5 Å². The second-order valence-electron chi connectivity index (χ2n) is 4.36. The Morgan fingerprint density at radius 2 is 2.25 bits per heavy atom. The molecule has 0 fully saturated rings. The Labute approximate surface area is 106 Å². The molecule has 0 aliphatic heterocycles. The molecular weight excluding hydrogens is 238 g/mol. The lowest BCUT2D eigenvalue weighted by Crippen LogP contribution is -2.38. The van der Waals surface area contributed by atoms with Crippen LogP contribution in [0, 0.1) is 12.8 Å². The lowest BCUT2D eigenvalue weighted by atomic mass is 10.2. The number of rotatable bonds is 7. The third-order valence-corrected chi connectivity index (χ3v) is 4.49. The minimum atomic E-state index is 0.324. The molecule has 0 bridgehead atoms. The summed E-state index contributed by atoms with van der Waals surface area (Å²) in [5, 5.41) is 3.24. The van der Waals surface area contributed by atoms with Gasteiger partial charge in [-0.2, -0.15) is 11.8 Å². The van der Waals surface area contributed by atoms with Crippen molar-refractivity contribution in [2.75, 3.05) is 11.5 Å². The third kappa shape index (κ3) is 5.30. The second kappa shape index (κ2) is 7.27. The molecule has 1 atom stereocenters. The molecule has 1 heterocycles. The van der Waals surface area contributed by atoms with Gasteiger partial charge in [-0.15, -0.1) is 11.3 Å². The van der Waals surface area contributed by atoms with Crippen molar-refractivity contribution < 1.29 is 0 Å². The normalized spacial score (nSPS) is 13.3. The molecule has 92 valence electrons. The Balaban J connectivity index is 2.31. The van der Waals surface area contributed by atoms with Crippen molar-refractivity contribution in [1.82, 2.24) is 10.4 Å². The summed E-state index contributed by atoms with van der Waals surface area (Å²) in [7, 11) is 0. The molecule has 1 rings (SSSR count). The molecule has 0 amide bonds. The predicted octanol–water partition coefficient (Wildman–Crippen LogP) is 2.22. The molecule has 3 N–H and O–H groups in total. The van der Waals surface area contributed by atoms with Crippen molar-refractivity contribution in [3.8, 4) is 0 Å². The summed E-state index contributed by atoms with van der Waals surface area (Å²) in [4.78, 5) is 4.46. The number of thiazole rings is 1. The third-order valence-electron chi connectivity index (χ3n) is 2.13. The Morgan fingerprint density at radius 1 is 1.50 bits per heavy atom. The molecule has 0 aliphatic carbocycles. The van der Waals surface area contributed by atoms with Crippen molar-refractivity contribution >= 4 is 23.1 Å². The average Bonchev–Trinajstić information content (AvgIpc) is 2.62. The monoisotopic (exact) mass is 259 g/mol. The summed E-state index contributed by atoms with van der Waals surface area (Å²) < 4.78 is 0. The highest BCUT2D eigenvalue weighted by Gasteiger charge is 2.10. The molecule has 0 radical (unpaired) electrons. The maximum Gasteiger partial charge on any atom is 0.0897 e. The average molecular weight is 259 g/mol. The molecule has 0 saturated heterocycles. The number of aromatic nitrogens is 1. The van der Waals surface area contributed by atoms with E-state index >= 15 is 0 Å². The Bertz CT molecular complexity index is 299. The predicted molar refractivity (Wildman–Crippen MR) is 73.8 cm³/mol. The molecule has 5 heteroatoms. The number of nitrogens with one attached hydrogen (secondary N) is 1. The van der Waals surface area contributed by atoms with Crippen LogP contribution in [0.2, 0.25) is 0 Å².